The molecule has 1 aromatic carbocycles. The van der Waals surface area contributed by atoms with Crippen LogP contribution in [0.5, 0.6) is 0 Å². The van der Waals surface area contributed by atoms with E-state index >= 15 is 0 Å². The van der Waals surface area contributed by atoms with Gasteiger partial charge >= 0.3 is 5.97 Å². The summed E-state index contributed by atoms with van der Waals surface area (Å²) < 4.78 is 5.98. The van der Waals surface area contributed by atoms with Crippen molar-refractivity contribution in [1.82, 2.24) is 0 Å². The molecule has 1 unspecified atom stereocenters. The number of carbonyl (C=O) groups excluding carboxylic acids is 1. The van der Waals surface area contributed by atoms with E-state index in [2.05, 4.69) is 0 Å². The summed E-state index contributed by atoms with van der Waals surface area (Å²) in [5.41, 5.74) is 1.55. The van der Waals surface area contributed by atoms with Crippen LogP contribution in [0.4, 0.5) is 0 Å². The third-order valence-electron chi connectivity index (χ3n) is 2.75. The van der Waals surface area contributed by atoms with Gasteiger partial charge in [0.1, 0.15) is 0 Å². The highest BCUT2D eigenvalue weighted by Crippen LogP contribution is 2.29. The summed E-state index contributed by atoms with van der Waals surface area (Å²) in [7, 11) is 0. The maximum absolute atomic E-state index is 11.5. The number of hydrogen-bond acceptors (Lipinski definition) is 4. The van der Waals surface area contributed by atoms with E-state index in [1.165, 1.54) is 0 Å². The van der Waals surface area contributed by atoms with Gasteiger partial charge < -0.3 is 9.84 Å². The standard InChI is InChI=1S/C13H14O3S/c1-3-16-13(15)12(14)10-4-5-11-9(8(10)2)6-7-17-11/h4-7,12,14H,3H2,1-2H3. The van der Waals surface area contributed by atoms with Crippen LogP contribution in [0.3, 0.4) is 0 Å². The maximum atomic E-state index is 11.5. The van der Waals surface area contributed by atoms with Crippen molar-refractivity contribution in [2.75, 3.05) is 6.61 Å². The molecule has 90 valence electrons. The molecule has 4 heteroatoms. The van der Waals surface area contributed by atoms with Crippen molar-refractivity contribution in [1.29, 1.82) is 0 Å². The third kappa shape index (κ3) is 2.18. The molecule has 0 aliphatic carbocycles. The van der Waals surface area contributed by atoms with Gasteiger partial charge in [-0.15, -0.1) is 11.3 Å². The molecule has 1 heterocycles. The van der Waals surface area contributed by atoms with Crippen molar-refractivity contribution in [3.63, 3.8) is 0 Å². The summed E-state index contributed by atoms with van der Waals surface area (Å²) in [4.78, 5) is 11.5. The Bertz CT molecular complexity index is 545. The van der Waals surface area contributed by atoms with E-state index < -0.39 is 12.1 Å². The second kappa shape index (κ2) is 4.85. The minimum atomic E-state index is -1.20. The molecule has 0 spiro atoms. The molecular weight excluding hydrogens is 236 g/mol. The van der Waals surface area contributed by atoms with Crippen LogP contribution in [-0.4, -0.2) is 17.7 Å². The minimum Gasteiger partial charge on any atom is -0.464 e. The van der Waals surface area contributed by atoms with Crippen LogP contribution in [0.1, 0.15) is 24.2 Å². The Kier molecular flexibility index (Phi) is 3.45. The number of aliphatic hydroxyl groups is 1. The van der Waals surface area contributed by atoms with Crippen LogP contribution in [0.15, 0.2) is 23.6 Å². The van der Waals surface area contributed by atoms with Gasteiger partial charge in [-0.3, -0.25) is 0 Å². The molecule has 0 aliphatic heterocycles. The molecular formula is C13H14O3S. The maximum Gasteiger partial charge on any atom is 0.339 e. The van der Waals surface area contributed by atoms with Gasteiger partial charge in [-0.05, 0) is 47.9 Å². The zero-order valence-corrected chi connectivity index (χ0v) is 10.6. The predicted octanol–water partition coefficient (Wildman–Crippen LogP) is 2.81. The van der Waals surface area contributed by atoms with Gasteiger partial charge in [0, 0.05) is 4.70 Å². The topological polar surface area (TPSA) is 46.5 Å². The van der Waals surface area contributed by atoms with E-state index in [0.717, 1.165) is 15.6 Å². The average molecular weight is 250 g/mol. The monoisotopic (exact) mass is 250 g/mol. The molecule has 1 aromatic heterocycles. The molecule has 1 N–H and O–H groups in total. The largest absolute Gasteiger partial charge is 0.464 e. The Morgan fingerprint density at radius 1 is 1.47 bits per heavy atom. The van der Waals surface area contributed by atoms with Crippen LogP contribution in [0, 0.1) is 6.92 Å². The lowest BCUT2D eigenvalue weighted by Gasteiger charge is -2.13. The SMILES string of the molecule is CCOC(=O)C(O)c1ccc2sccc2c1C. The molecule has 0 amide bonds. The van der Waals surface area contributed by atoms with Crippen LogP contribution in [0.25, 0.3) is 10.1 Å². The number of esters is 1. The van der Waals surface area contributed by atoms with Crippen molar-refractivity contribution in [2.24, 2.45) is 0 Å². The fourth-order valence-electron chi connectivity index (χ4n) is 1.85. The number of carbonyl (C=O) groups is 1. The lowest BCUT2D eigenvalue weighted by Crippen LogP contribution is -2.16. The number of hydrogen-bond donors (Lipinski definition) is 1. The average Bonchev–Trinajstić information content (AvgIpc) is 2.78. The zero-order chi connectivity index (χ0) is 12.4. The van der Waals surface area contributed by atoms with Gasteiger partial charge in [0.25, 0.3) is 0 Å². The second-order valence-corrected chi connectivity index (χ2v) is 4.71. The molecule has 0 saturated heterocycles. The highest BCUT2D eigenvalue weighted by atomic mass is 32.1. The first-order valence-electron chi connectivity index (χ1n) is 5.46. The highest BCUT2D eigenvalue weighted by molar-refractivity contribution is 7.17. The van der Waals surface area contributed by atoms with Gasteiger partial charge in [-0.25, -0.2) is 4.79 Å². The molecule has 0 radical (unpaired) electrons. The van der Waals surface area contributed by atoms with E-state index in [0.29, 0.717) is 5.56 Å². The number of fused-ring (bicyclic) bond motifs is 1. The summed E-state index contributed by atoms with van der Waals surface area (Å²) in [5.74, 6) is -0.592. The highest BCUT2D eigenvalue weighted by Gasteiger charge is 2.21. The molecule has 0 saturated carbocycles. The Hall–Kier alpha value is -1.39. The first kappa shape index (κ1) is 12.1. The summed E-state index contributed by atoms with van der Waals surface area (Å²) >= 11 is 1.64. The minimum absolute atomic E-state index is 0.273. The Morgan fingerprint density at radius 2 is 2.24 bits per heavy atom. The Labute approximate surface area is 104 Å². The van der Waals surface area contributed by atoms with Crippen molar-refractivity contribution in [3.05, 3.63) is 34.7 Å². The summed E-state index contributed by atoms with van der Waals surface area (Å²) in [5, 5.41) is 13.0. The predicted molar refractivity (Wildman–Crippen MR) is 68.2 cm³/mol. The summed E-state index contributed by atoms with van der Waals surface area (Å²) in [6, 6.07) is 5.71. The number of benzene rings is 1. The van der Waals surface area contributed by atoms with E-state index in [-0.39, 0.29) is 6.61 Å². The first-order chi connectivity index (χ1) is 8.15. The second-order valence-electron chi connectivity index (χ2n) is 3.77. The van der Waals surface area contributed by atoms with Crippen molar-refractivity contribution >= 4 is 27.4 Å². The zero-order valence-electron chi connectivity index (χ0n) is 9.77. The summed E-state index contributed by atoms with van der Waals surface area (Å²) in [6.07, 6.45) is -1.20. The fraction of sp³-hybridized carbons (Fsp3) is 0.308. The molecule has 17 heavy (non-hydrogen) atoms. The molecule has 3 nitrogen and oxygen atoms in total. The van der Waals surface area contributed by atoms with Gasteiger partial charge in [-0.1, -0.05) is 6.07 Å². The number of rotatable bonds is 3. The number of thiophene rings is 1. The molecule has 2 rings (SSSR count). The van der Waals surface area contributed by atoms with E-state index in [4.69, 9.17) is 4.74 Å². The van der Waals surface area contributed by atoms with Crippen LogP contribution in [-0.2, 0) is 9.53 Å². The summed E-state index contributed by atoms with van der Waals surface area (Å²) in [6.45, 7) is 3.90. The molecule has 0 aliphatic rings. The number of aliphatic hydroxyl groups excluding tert-OH is 1. The fourth-order valence-corrected chi connectivity index (χ4v) is 2.70. The van der Waals surface area contributed by atoms with Gasteiger partial charge in [0.2, 0.25) is 0 Å². The molecule has 0 bridgehead atoms. The van der Waals surface area contributed by atoms with Crippen LogP contribution in [0.2, 0.25) is 0 Å². The van der Waals surface area contributed by atoms with Crippen molar-refractivity contribution in [3.8, 4) is 0 Å². The Morgan fingerprint density at radius 3 is 2.94 bits per heavy atom. The van der Waals surface area contributed by atoms with Gasteiger partial charge in [0.05, 0.1) is 6.61 Å². The molecule has 1 atom stereocenters. The van der Waals surface area contributed by atoms with Crippen LogP contribution >= 0.6 is 11.3 Å². The molecule has 2 aromatic rings. The lowest BCUT2D eigenvalue weighted by atomic mass is 10.0. The van der Waals surface area contributed by atoms with Gasteiger partial charge in [-0.2, -0.15) is 0 Å². The Balaban J connectivity index is 2.41. The lowest BCUT2D eigenvalue weighted by molar-refractivity contribution is -0.153. The smallest absolute Gasteiger partial charge is 0.339 e. The number of aryl methyl sites for hydroxylation is 1. The third-order valence-corrected chi connectivity index (χ3v) is 3.63. The van der Waals surface area contributed by atoms with E-state index in [9.17, 15) is 9.90 Å². The normalized spacial score (nSPS) is 12.6. The van der Waals surface area contributed by atoms with Crippen molar-refractivity contribution in [2.45, 2.75) is 20.0 Å². The van der Waals surface area contributed by atoms with Crippen molar-refractivity contribution < 1.29 is 14.6 Å². The van der Waals surface area contributed by atoms with Crippen LogP contribution < -0.4 is 0 Å². The molecule has 0 fully saturated rings. The number of ether oxygens (including phenoxy) is 1. The quantitative estimate of drug-likeness (QED) is 0.852. The van der Waals surface area contributed by atoms with Gasteiger partial charge in [0.15, 0.2) is 6.10 Å². The van der Waals surface area contributed by atoms with E-state index in [1.807, 2.05) is 24.4 Å². The first-order valence-corrected chi connectivity index (χ1v) is 6.34. The van der Waals surface area contributed by atoms with E-state index in [1.54, 1.807) is 24.3 Å².